The molecule has 0 saturated carbocycles. The second-order valence-electron chi connectivity index (χ2n) is 7.60. The van der Waals surface area contributed by atoms with Crippen molar-refractivity contribution in [2.75, 3.05) is 11.4 Å². The van der Waals surface area contributed by atoms with E-state index in [9.17, 15) is 26.7 Å². The molecule has 2 aromatic carbocycles. The van der Waals surface area contributed by atoms with Gasteiger partial charge in [-0.25, -0.2) is 8.42 Å². The van der Waals surface area contributed by atoms with Gasteiger partial charge in [-0.3, -0.25) is 4.31 Å². The lowest BCUT2D eigenvalue weighted by Gasteiger charge is -2.33. The maximum Gasteiger partial charge on any atom is 0.427 e. The molecule has 0 amide bonds. The number of hydrogen-bond donors (Lipinski definition) is 1. The zero-order chi connectivity index (χ0) is 23.7. The number of aliphatic hydroxyl groups is 1. The molecule has 0 aliphatic carbocycles. The summed E-state index contributed by atoms with van der Waals surface area (Å²) in [5.41, 5.74) is -3.78. The highest BCUT2D eigenvalue weighted by Crippen LogP contribution is 2.45. The van der Waals surface area contributed by atoms with E-state index in [1.165, 1.54) is 54.2 Å². The largest absolute Gasteiger partial charge is 0.427 e. The van der Waals surface area contributed by atoms with E-state index in [0.717, 1.165) is 16.4 Å². The van der Waals surface area contributed by atoms with Gasteiger partial charge in [-0.2, -0.15) is 13.2 Å². The molecule has 1 heterocycles. The molecule has 2 unspecified atom stereocenters. The first-order chi connectivity index (χ1) is 14.9. The van der Waals surface area contributed by atoms with Gasteiger partial charge in [0.15, 0.2) is 0 Å². The quantitative estimate of drug-likeness (QED) is 0.528. The van der Waals surface area contributed by atoms with Crippen LogP contribution in [0.4, 0.5) is 18.9 Å². The predicted octanol–water partition coefficient (Wildman–Crippen LogP) is 5.08. The zero-order valence-electron chi connectivity index (χ0n) is 17.9. The Labute approximate surface area is 185 Å². The van der Waals surface area contributed by atoms with Gasteiger partial charge in [0.2, 0.25) is 5.60 Å². The van der Waals surface area contributed by atoms with Crippen molar-refractivity contribution in [3.05, 3.63) is 84.2 Å². The third-order valence-electron chi connectivity index (χ3n) is 5.68. The summed E-state index contributed by atoms with van der Waals surface area (Å²) in [5.74, 6) is 0. The smallest absolute Gasteiger partial charge is 0.371 e. The van der Waals surface area contributed by atoms with Crippen LogP contribution in [0.2, 0.25) is 0 Å². The molecule has 0 saturated heterocycles. The van der Waals surface area contributed by atoms with Crippen molar-refractivity contribution >= 4 is 15.7 Å². The lowest BCUT2D eigenvalue weighted by molar-refractivity contribution is -0.250. The van der Waals surface area contributed by atoms with Crippen LogP contribution in [0, 0.1) is 0 Å². The fraction of sp³-hybridized carbons (Fsp3) is 0.304. The van der Waals surface area contributed by atoms with Crippen LogP contribution in [-0.4, -0.2) is 31.3 Å². The summed E-state index contributed by atoms with van der Waals surface area (Å²) < 4.78 is 70.6. The van der Waals surface area contributed by atoms with Gasteiger partial charge in [-0.05, 0) is 55.3 Å². The highest BCUT2D eigenvalue weighted by Gasteiger charge is 2.58. The maximum atomic E-state index is 14.2. The molecule has 1 aromatic heterocycles. The summed E-state index contributed by atoms with van der Waals surface area (Å²) in [6.07, 6.45) is -2.91. The molecule has 3 rings (SSSR count). The molecule has 172 valence electrons. The number of aromatic nitrogens is 1. The van der Waals surface area contributed by atoms with Gasteiger partial charge in [-0.1, -0.05) is 37.3 Å². The second-order valence-corrected chi connectivity index (χ2v) is 9.57. The molecule has 2 atom stereocenters. The van der Waals surface area contributed by atoms with Crippen LogP contribution >= 0.6 is 0 Å². The van der Waals surface area contributed by atoms with Crippen LogP contribution in [-0.2, 0) is 15.6 Å². The fourth-order valence-corrected chi connectivity index (χ4v) is 4.76. The molecular formula is C23H25F3N2O3S. The number of rotatable bonds is 7. The average molecular weight is 467 g/mol. The topological polar surface area (TPSA) is 62.5 Å². The average Bonchev–Trinajstić information content (AvgIpc) is 3.27. The first-order valence-corrected chi connectivity index (χ1v) is 11.5. The van der Waals surface area contributed by atoms with Crippen LogP contribution in [0.3, 0.4) is 0 Å². The Morgan fingerprint density at radius 1 is 1.00 bits per heavy atom. The summed E-state index contributed by atoms with van der Waals surface area (Å²) in [7, 11) is -2.57. The molecule has 5 nitrogen and oxygen atoms in total. The number of anilines is 1. The summed E-state index contributed by atoms with van der Waals surface area (Å²) in [5, 5.41) is 11.0. The molecule has 1 N–H and O–H groups in total. The lowest BCUT2D eigenvalue weighted by atomic mass is 9.89. The molecule has 9 heteroatoms. The first kappa shape index (κ1) is 23.9. The Balaban J connectivity index is 2.05. The highest BCUT2D eigenvalue weighted by molar-refractivity contribution is 7.92. The van der Waals surface area contributed by atoms with Crippen molar-refractivity contribution in [3.63, 3.8) is 0 Å². The van der Waals surface area contributed by atoms with Crippen LogP contribution in [0.5, 0.6) is 0 Å². The number of benzene rings is 2. The molecule has 0 spiro atoms. The second kappa shape index (κ2) is 8.63. The number of alkyl halides is 3. The van der Waals surface area contributed by atoms with Crippen molar-refractivity contribution in [1.82, 2.24) is 4.57 Å². The van der Waals surface area contributed by atoms with Gasteiger partial charge in [0.1, 0.15) is 0 Å². The van der Waals surface area contributed by atoms with E-state index in [2.05, 4.69) is 0 Å². The molecule has 3 aromatic rings. The number of halogens is 3. The first-order valence-electron chi connectivity index (χ1n) is 10.1. The maximum absolute atomic E-state index is 14.2. The number of hydrogen-bond acceptors (Lipinski definition) is 3. The lowest BCUT2D eigenvalue weighted by Crippen LogP contribution is -2.45. The summed E-state index contributed by atoms with van der Waals surface area (Å²) in [6, 6.07) is 14.9. The Hall–Kier alpha value is -2.78. The monoisotopic (exact) mass is 466 g/mol. The fourth-order valence-electron chi connectivity index (χ4n) is 3.54. The summed E-state index contributed by atoms with van der Waals surface area (Å²) >= 11 is 0. The Morgan fingerprint density at radius 2 is 1.59 bits per heavy atom. The third kappa shape index (κ3) is 4.02. The number of nitrogens with zero attached hydrogens (tertiary/aromatic N) is 2. The van der Waals surface area contributed by atoms with E-state index in [0.29, 0.717) is 6.42 Å². The number of sulfonamides is 1. The van der Waals surface area contributed by atoms with Gasteiger partial charge >= 0.3 is 6.18 Å². The minimum atomic E-state index is -5.00. The Kier molecular flexibility index (Phi) is 6.44. The molecule has 0 bridgehead atoms. The molecule has 32 heavy (non-hydrogen) atoms. The van der Waals surface area contributed by atoms with Crippen molar-refractivity contribution in [2.45, 2.75) is 43.0 Å². The minimum absolute atomic E-state index is 0.0600. The van der Waals surface area contributed by atoms with E-state index in [-0.39, 0.29) is 22.3 Å². The standard InChI is InChI=1S/C23H25F3N2O3S/c1-4-17(2)28-16-8-11-21(28)22(29,23(24,25)26)18-12-14-19(15-13-18)27(3)32(30,31)20-9-6-5-7-10-20/h5-17,29H,4H2,1-3H3. The van der Waals surface area contributed by atoms with E-state index in [1.54, 1.807) is 25.1 Å². The van der Waals surface area contributed by atoms with Crippen LogP contribution in [0.1, 0.15) is 37.6 Å². The summed E-state index contributed by atoms with van der Waals surface area (Å²) in [6.45, 7) is 3.62. The van der Waals surface area contributed by atoms with Gasteiger partial charge in [0.25, 0.3) is 10.0 Å². The molecular weight excluding hydrogens is 441 g/mol. The molecule has 0 aliphatic rings. The van der Waals surface area contributed by atoms with Crippen LogP contribution < -0.4 is 4.31 Å². The van der Waals surface area contributed by atoms with Gasteiger partial charge in [0, 0.05) is 19.3 Å². The SMILES string of the molecule is CCC(C)n1cccc1C(O)(c1ccc(N(C)S(=O)(=O)c2ccccc2)cc1)C(F)(F)F. The molecule has 0 radical (unpaired) electrons. The Morgan fingerprint density at radius 3 is 2.12 bits per heavy atom. The third-order valence-corrected chi connectivity index (χ3v) is 7.48. The van der Waals surface area contributed by atoms with Crippen molar-refractivity contribution in [3.8, 4) is 0 Å². The van der Waals surface area contributed by atoms with Crippen molar-refractivity contribution < 1.29 is 26.7 Å². The van der Waals surface area contributed by atoms with Crippen molar-refractivity contribution in [1.29, 1.82) is 0 Å². The van der Waals surface area contributed by atoms with Crippen molar-refractivity contribution in [2.24, 2.45) is 0 Å². The van der Waals surface area contributed by atoms with Crippen LogP contribution in [0.15, 0.2) is 77.8 Å². The normalized spacial score (nSPS) is 15.2. The van der Waals surface area contributed by atoms with E-state index in [4.69, 9.17) is 0 Å². The van der Waals surface area contributed by atoms with E-state index >= 15 is 0 Å². The van der Waals surface area contributed by atoms with Gasteiger partial charge in [-0.15, -0.1) is 0 Å². The Bertz CT molecular complexity index is 1160. The van der Waals surface area contributed by atoms with E-state index in [1.807, 2.05) is 6.92 Å². The molecule has 0 aliphatic heterocycles. The predicted molar refractivity (Wildman–Crippen MR) is 117 cm³/mol. The van der Waals surface area contributed by atoms with Gasteiger partial charge in [0.05, 0.1) is 16.3 Å². The zero-order valence-corrected chi connectivity index (χ0v) is 18.7. The highest BCUT2D eigenvalue weighted by atomic mass is 32.2. The molecule has 0 fully saturated rings. The van der Waals surface area contributed by atoms with Crippen LogP contribution in [0.25, 0.3) is 0 Å². The van der Waals surface area contributed by atoms with E-state index < -0.39 is 27.4 Å². The summed E-state index contributed by atoms with van der Waals surface area (Å²) in [4.78, 5) is 0.0600. The minimum Gasteiger partial charge on any atom is -0.371 e. The van der Waals surface area contributed by atoms with Gasteiger partial charge < -0.3 is 9.67 Å².